The molecule has 2 rings (SSSR count). The van der Waals surface area contributed by atoms with Crippen molar-refractivity contribution in [3.8, 4) is 0 Å². The van der Waals surface area contributed by atoms with Gasteiger partial charge in [0.15, 0.2) is 0 Å². The van der Waals surface area contributed by atoms with E-state index in [0.29, 0.717) is 6.54 Å². The summed E-state index contributed by atoms with van der Waals surface area (Å²) in [6.07, 6.45) is 2.31. The summed E-state index contributed by atoms with van der Waals surface area (Å²) in [7, 11) is 0. The van der Waals surface area contributed by atoms with Crippen LogP contribution in [0.5, 0.6) is 0 Å². The number of ether oxygens (including phenoxy) is 1. The lowest BCUT2D eigenvalue weighted by atomic mass is 10.0. The van der Waals surface area contributed by atoms with Crippen LogP contribution in [0.2, 0.25) is 0 Å². The SMILES string of the molecule is Cc1cc(C(CN)NCC2(C)CCCO2)c(C)s1. The Bertz CT molecular complexity index is 396. The van der Waals surface area contributed by atoms with E-state index in [2.05, 4.69) is 32.2 Å². The summed E-state index contributed by atoms with van der Waals surface area (Å²) in [6.45, 7) is 8.91. The largest absolute Gasteiger partial charge is 0.374 e. The number of thiophene rings is 1. The van der Waals surface area contributed by atoms with Gasteiger partial charge in [0.1, 0.15) is 0 Å². The summed E-state index contributed by atoms with van der Waals surface area (Å²) in [5.41, 5.74) is 7.25. The van der Waals surface area contributed by atoms with Gasteiger partial charge in [-0.15, -0.1) is 11.3 Å². The Labute approximate surface area is 114 Å². The Morgan fingerprint density at radius 3 is 2.83 bits per heavy atom. The number of aryl methyl sites for hydroxylation is 2. The van der Waals surface area contributed by atoms with Gasteiger partial charge in [0.25, 0.3) is 0 Å². The van der Waals surface area contributed by atoms with Crippen LogP contribution in [0.15, 0.2) is 6.07 Å². The maximum Gasteiger partial charge on any atom is 0.0779 e. The van der Waals surface area contributed by atoms with E-state index in [4.69, 9.17) is 10.5 Å². The zero-order chi connectivity index (χ0) is 13.2. The molecule has 0 amide bonds. The van der Waals surface area contributed by atoms with Crippen molar-refractivity contribution in [2.45, 2.75) is 45.3 Å². The lowest BCUT2D eigenvalue weighted by molar-refractivity contribution is 0.0189. The van der Waals surface area contributed by atoms with Crippen LogP contribution in [-0.2, 0) is 4.74 Å². The predicted octanol–water partition coefficient (Wildman–Crippen LogP) is 2.52. The second kappa shape index (κ2) is 5.70. The van der Waals surface area contributed by atoms with Gasteiger partial charge in [-0.1, -0.05) is 0 Å². The average Bonchev–Trinajstić information content (AvgIpc) is 2.88. The van der Waals surface area contributed by atoms with E-state index in [-0.39, 0.29) is 11.6 Å². The minimum atomic E-state index is -0.00755. The van der Waals surface area contributed by atoms with Crippen LogP contribution in [0.1, 0.15) is 41.1 Å². The Morgan fingerprint density at radius 1 is 1.56 bits per heavy atom. The number of nitrogens with two attached hydrogens (primary N) is 1. The van der Waals surface area contributed by atoms with Gasteiger partial charge >= 0.3 is 0 Å². The molecule has 102 valence electrons. The maximum absolute atomic E-state index is 5.91. The van der Waals surface area contributed by atoms with Gasteiger partial charge in [0.05, 0.1) is 5.60 Å². The van der Waals surface area contributed by atoms with Crippen LogP contribution in [0, 0.1) is 13.8 Å². The lowest BCUT2D eigenvalue weighted by Crippen LogP contribution is -2.41. The topological polar surface area (TPSA) is 47.3 Å². The van der Waals surface area contributed by atoms with E-state index in [1.165, 1.54) is 21.7 Å². The molecule has 0 saturated carbocycles. The van der Waals surface area contributed by atoms with Crippen molar-refractivity contribution in [1.29, 1.82) is 0 Å². The molecule has 4 heteroatoms. The minimum Gasteiger partial charge on any atom is -0.374 e. The van der Waals surface area contributed by atoms with Gasteiger partial charge in [-0.05, 0) is 45.2 Å². The summed E-state index contributed by atoms with van der Waals surface area (Å²) in [5, 5.41) is 3.58. The molecule has 2 atom stereocenters. The summed E-state index contributed by atoms with van der Waals surface area (Å²) in [4.78, 5) is 2.72. The van der Waals surface area contributed by atoms with E-state index in [1.807, 2.05) is 11.3 Å². The highest BCUT2D eigenvalue weighted by Gasteiger charge is 2.30. The highest BCUT2D eigenvalue weighted by Crippen LogP contribution is 2.28. The first-order valence-electron chi connectivity index (χ1n) is 6.68. The Balaban J connectivity index is 1.99. The van der Waals surface area contributed by atoms with Crippen molar-refractivity contribution in [2.75, 3.05) is 19.7 Å². The monoisotopic (exact) mass is 268 g/mol. The first-order chi connectivity index (χ1) is 8.54. The summed E-state index contributed by atoms with van der Waals surface area (Å²) < 4.78 is 5.81. The van der Waals surface area contributed by atoms with E-state index in [1.54, 1.807) is 0 Å². The van der Waals surface area contributed by atoms with Crippen LogP contribution < -0.4 is 11.1 Å². The number of hydrogen-bond donors (Lipinski definition) is 2. The normalized spacial score (nSPS) is 25.6. The highest BCUT2D eigenvalue weighted by molar-refractivity contribution is 7.12. The summed E-state index contributed by atoms with van der Waals surface area (Å²) in [6, 6.07) is 2.50. The zero-order valence-electron chi connectivity index (χ0n) is 11.6. The number of hydrogen-bond acceptors (Lipinski definition) is 4. The van der Waals surface area contributed by atoms with Crippen LogP contribution in [0.3, 0.4) is 0 Å². The van der Waals surface area contributed by atoms with Gasteiger partial charge in [0, 0.05) is 35.5 Å². The molecule has 1 aromatic heterocycles. The molecule has 2 unspecified atom stereocenters. The second-order valence-corrected chi connectivity index (χ2v) is 6.90. The molecule has 0 aliphatic carbocycles. The molecular formula is C14H24N2OS. The smallest absolute Gasteiger partial charge is 0.0779 e. The molecule has 1 saturated heterocycles. The van der Waals surface area contributed by atoms with Gasteiger partial charge in [-0.2, -0.15) is 0 Å². The molecular weight excluding hydrogens is 244 g/mol. The van der Waals surface area contributed by atoms with Gasteiger partial charge in [-0.25, -0.2) is 0 Å². The molecule has 0 spiro atoms. The van der Waals surface area contributed by atoms with Crippen molar-refractivity contribution in [2.24, 2.45) is 5.73 Å². The summed E-state index contributed by atoms with van der Waals surface area (Å²) in [5.74, 6) is 0. The fourth-order valence-corrected chi connectivity index (χ4v) is 3.62. The minimum absolute atomic E-state index is 0.00755. The van der Waals surface area contributed by atoms with E-state index < -0.39 is 0 Å². The molecule has 0 aromatic carbocycles. The Hall–Kier alpha value is -0.420. The van der Waals surface area contributed by atoms with Crippen LogP contribution in [-0.4, -0.2) is 25.3 Å². The molecule has 18 heavy (non-hydrogen) atoms. The number of nitrogens with one attached hydrogen (secondary N) is 1. The van der Waals surface area contributed by atoms with Crippen molar-refractivity contribution in [1.82, 2.24) is 5.32 Å². The standard InChI is InChI=1S/C14H24N2OS/c1-10-7-12(11(2)18-10)13(8-15)16-9-14(3)5-4-6-17-14/h7,13,16H,4-6,8-9,15H2,1-3H3. The average molecular weight is 268 g/mol. The molecule has 1 aliphatic heterocycles. The van der Waals surface area contributed by atoms with Crippen molar-refractivity contribution in [3.05, 3.63) is 21.4 Å². The van der Waals surface area contributed by atoms with E-state index >= 15 is 0 Å². The van der Waals surface area contributed by atoms with Gasteiger partial charge in [-0.3, -0.25) is 0 Å². The third-order valence-corrected chi connectivity index (χ3v) is 4.70. The molecule has 2 heterocycles. The molecule has 1 aromatic rings. The van der Waals surface area contributed by atoms with Crippen molar-refractivity contribution < 1.29 is 4.74 Å². The molecule has 0 radical (unpaired) electrons. The third kappa shape index (κ3) is 3.12. The van der Waals surface area contributed by atoms with E-state index in [0.717, 1.165) is 19.6 Å². The van der Waals surface area contributed by atoms with Crippen molar-refractivity contribution in [3.63, 3.8) is 0 Å². The second-order valence-electron chi connectivity index (χ2n) is 5.44. The first kappa shape index (κ1) is 14.0. The van der Waals surface area contributed by atoms with E-state index in [9.17, 15) is 0 Å². The molecule has 0 bridgehead atoms. The highest BCUT2D eigenvalue weighted by atomic mass is 32.1. The third-order valence-electron chi connectivity index (χ3n) is 3.71. The Kier molecular flexibility index (Phi) is 4.43. The fourth-order valence-electron chi connectivity index (χ4n) is 2.63. The van der Waals surface area contributed by atoms with Gasteiger partial charge < -0.3 is 15.8 Å². The first-order valence-corrected chi connectivity index (χ1v) is 7.50. The zero-order valence-corrected chi connectivity index (χ0v) is 12.4. The molecule has 3 nitrogen and oxygen atoms in total. The lowest BCUT2D eigenvalue weighted by Gasteiger charge is -2.27. The summed E-state index contributed by atoms with van der Waals surface area (Å²) >= 11 is 1.84. The van der Waals surface area contributed by atoms with Crippen molar-refractivity contribution >= 4 is 11.3 Å². The Morgan fingerprint density at radius 2 is 2.33 bits per heavy atom. The quantitative estimate of drug-likeness (QED) is 0.862. The van der Waals surface area contributed by atoms with Gasteiger partial charge in [0.2, 0.25) is 0 Å². The molecule has 1 aliphatic rings. The van der Waals surface area contributed by atoms with Crippen LogP contribution in [0.4, 0.5) is 0 Å². The maximum atomic E-state index is 5.91. The fraction of sp³-hybridized carbons (Fsp3) is 0.714. The van der Waals surface area contributed by atoms with Crippen LogP contribution >= 0.6 is 11.3 Å². The van der Waals surface area contributed by atoms with Crippen LogP contribution in [0.25, 0.3) is 0 Å². The molecule has 1 fully saturated rings. The predicted molar refractivity (Wildman–Crippen MR) is 77.2 cm³/mol. The molecule has 3 N–H and O–H groups in total. The number of rotatable bonds is 5.